The van der Waals surface area contributed by atoms with Crippen LogP contribution in [0.4, 0.5) is 0 Å². The highest BCUT2D eigenvalue weighted by Gasteiger charge is 2.17. The summed E-state index contributed by atoms with van der Waals surface area (Å²) >= 11 is 0. The summed E-state index contributed by atoms with van der Waals surface area (Å²) < 4.78 is 1.92. The van der Waals surface area contributed by atoms with Crippen LogP contribution < -0.4 is 0 Å². The van der Waals surface area contributed by atoms with Crippen molar-refractivity contribution >= 4 is 17.0 Å². The minimum atomic E-state index is -0.952. The first-order valence-corrected chi connectivity index (χ1v) is 6.67. The first-order chi connectivity index (χ1) is 10.2. The van der Waals surface area contributed by atoms with E-state index in [0.717, 1.165) is 17.9 Å². The standard InChI is InChI=1S/C15H14N4O2/c1-2-13-18-12-5-3-4-11(15(20)21)14(12)19(13)8-10-6-7-16-9-17-10/h3-7,9H,2,8H2,1H3,(H,20,21). The van der Waals surface area contributed by atoms with Gasteiger partial charge in [-0.15, -0.1) is 0 Å². The maximum atomic E-state index is 11.5. The van der Waals surface area contributed by atoms with Crippen LogP contribution in [0.5, 0.6) is 0 Å². The molecule has 1 N–H and O–H groups in total. The molecule has 2 heterocycles. The van der Waals surface area contributed by atoms with Crippen LogP contribution in [0.1, 0.15) is 28.8 Å². The molecule has 0 aliphatic heterocycles. The minimum absolute atomic E-state index is 0.258. The van der Waals surface area contributed by atoms with E-state index in [1.807, 2.05) is 23.6 Å². The molecule has 0 bridgehead atoms. The van der Waals surface area contributed by atoms with Crippen LogP contribution in [0.15, 0.2) is 36.8 Å². The summed E-state index contributed by atoms with van der Waals surface area (Å²) in [5, 5.41) is 9.39. The average molecular weight is 282 g/mol. The van der Waals surface area contributed by atoms with E-state index in [1.165, 1.54) is 6.33 Å². The van der Waals surface area contributed by atoms with Crippen LogP contribution in [-0.4, -0.2) is 30.6 Å². The van der Waals surface area contributed by atoms with Gasteiger partial charge in [0.05, 0.1) is 28.8 Å². The number of nitrogens with zero attached hydrogens (tertiary/aromatic N) is 4. The molecule has 0 radical (unpaired) electrons. The van der Waals surface area contributed by atoms with Crippen molar-refractivity contribution in [1.82, 2.24) is 19.5 Å². The maximum absolute atomic E-state index is 11.5. The summed E-state index contributed by atoms with van der Waals surface area (Å²) in [6.07, 6.45) is 3.88. The fourth-order valence-corrected chi connectivity index (χ4v) is 2.42. The smallest absolute Gasteiger partial charge is 0.337 e. The molecule has 0 unspecified atom stereocenters. The number of carbonyl (C=O) groups is 1. The molecular weight excluding hydrogens is 268 g/mol. The van der Waals surface area contributed by atoms with Crippen molar-refractivity contribution in [1.29, 1.82) is 0 Å². The second kappa shape index (κ2) is 5.32. The number of hydrogen-bond acceptors (Lipinski definition) is 4. The van der Waals surface area contributed by atoms with Crippen molar-refractivity contribution < 1.29 is 9.90 Å². The molecule has 106 valence electrons. The van der Waals surface area contributed by atoms with Crippen LogP contribution in [0.3, 0.4) is 0 Å². The Morgan fingerprint density at radius 2 is 2.19 bits per heavy atom. The van der Waals surface area contributed by atoms with Crippen LogP contribution in [0, 0.1) is 0 Å². The molecule has 6 nitrogen and oxygen atoms in total. The van der Waals surface area contributed by atoms with E-state index in [2.05, 4.69) is 15.0 Å². The fourth-order valence-electron chi connectivity index (χ4n) is 2.42. The van der Waals surface area contributed by atoms with E-state index in [4.69, 9.17) is 0 Å². The fraction of sp³-hybridized carbons (Fsp3) is 0.200. The number of fused-ring (bicyclic) bond motifs is 1. The maximum Gasteiger partial charge on any atom is 0.337 e. The summed E-state index contributed by atoms with van der Waals surface area (Å²) in [6.45, 7) is 2.48. The molecule has 6 heteroatoms. The van der Waals surface area contributed by atoms with Crippen molar-refractivity contribution in [2.75, 3.05) is 0 Å². The van der Waals surface area contributed by atoms with E-state index in [0.29, 0.717) is 17.6 Å². The Morgan fingerprint density at radius 1 is 1.33 bits per heavy atom. The summed E-state index contributed by atoms with van der Waals surface area (Å²) in [5.41, 5.74) is 2.41. The quantitative estimate of drug-likeness (QED) is 0.792. The van der Waals surface area contributed by atoms with Crippen molar-refractivity contribution in [3.05, 3.63) is 53.9 Å². The van der Waals surface area contributed by atoms with Gasteiger partial charge >= 0.3 is 5.97 Å². The monoisotopic (exact) mass is 282 g/mol. The molecule has 2 aromatic heterocycles. The summed E-state index contributed by atoms with van der Waals surface area (Å²) in [4.78, 5) is 24.1. The number of rotatable bonds is 4. The topological polar surface area (TPSA) is 80.9 Å². The summed E-state index contributed by atoms with van der Waals surface area (Å²) in [7, 11) is 0. The lowest BCUT2D eigenvalue weighted by atomic mass is 10.2. The second-order valence-corrected chi connectivity index (χ2v) is 4.65. The largest absolute Gasteiger partial charge is 0.478 e. The van der Waals surface area contributed by atoms with Crippen LogP contribution in [-0.2, 0) is 13.0 Å². The Balaban J connectivity index is 2.21. The number of hydrogen-bond donors (Lipinski definition) is 1. The Bertz CT molecular complexity index is 796. The van der Waals surface area contributed by atoms with Gasteiger partial charge in [0, 0.05) is 12.6 Å². The minimum Gasteiger partial charge on any atom is -0.478 e. The first-order valence-electron chi connectivity index (χ1n) is 6.67. The molecule has 0 saturated heterocycles. The molecule has 0 fully saturated rings. The van der Waals surface area contributed by atoms with E-state index >= 15 is 0 Å². The number of aromatic carboxylic acids is 1. The van der Waals surface area contributed by atoms with Gasteiger partial charge in [-0.2, -0.15) is 0 Å². The highest BCUT2D eigenvalue weighted by atomic mass is 16.4. The van der Waals surface area contributed by atoms with Gasteiger partial charge in [0.1, 0.15) is 12.2 Å². The van der Waals surface area contributed by atoms with Gasteiger partial charge in [0.15, 0.2) is 0 Å². The van der Waals surface area contributed by atoms with E-state index in [1.54, 1.807) is 18.3 Å². The zero-order valence-corrected chi connectivity index (χ0v) is 11.5. The zero-order chi connectivity index (χ0) is 14.8. The number of carboxylic acid groups (broad SMARTS) is 1. The van der Waals surface area contributed by atoms with Crippen LogP contribution >= 0.6 is 0 Å². The number of para-hydroxylation sites is 1. The van der Waals surface area contributed by atoms with Gasteiger partial charge in [-0.05, 0) is 18.2 Å². The van der Waals surface area contributed by atoms with Gasteiger partial charge in [0.25, 0.3) is 0 Å². The Hall–Kier alpha value is -2.76. The third-order valence-corrected chi connectivity index (χ3v) is 3.36. The van der Waals surface area contributed by atoms with Gasteiger partial charge in [-0.1, -0.05) is 13.0 Å². The molecule has 0 aliphatic rings. The summed E-state index contributed by atoms with van der Waals surface area (Å²) in [5.74, 6) is -0.107. The number of carboxylic acids is 1. The molecule has 0 saturated carbocycles. The number of aromatic nitrogens is 4. The van der Waals surface area contributed by atoms with Gasteiger partial charge < -0.3 is 9.67 Å². The molecule has 0 aliphatic carbocycles. The van der Waals surface area contributed by atoms with E-state index < -0.39 is 5.97 Å². The third kappa shape index (κ3) is 2.35. The number of aryl methyl sites for hydroxylation is 1. The first kappa shape index (κ1) is 13.2. The third-order valence-electron chi connectivity index (χ3n) is 3.36. The second-order valence-electron chi connectivity index (χ2n) is 4.65. The molecule has 0 atom stereocenters. The molecule has 3 rings (SSSR count). The highest BCUT2D eigenvalue weighted by molar-refractivity contribution is 6.01. The lowest BCUT2D eigenvalue weighted by molar-refractivity contribution is 0.0698. The molecule has 1 aromatic carbocycles. The molecule has 3 aromatic rings. The lowest BCUT2D eigenvalue weighted by Gasteiger charge is -2.09. The van der Waals surface area contributed by atoms with Crippen LogP contribution in [0.2, 0.25) is 0 Å². The molecule has 0 spiro atoms. The highest BCUT2D eigenvalue weighted by Crippen LogP contribution is 2.22. The SMILES string of the molecule is CCc1nc2cccc(C(=O)O)c2n1Cc1ccncn1. The molecule has 0 amide bonds. The Morgan fingerprint density at radius 3 is 2.86 bits per heavy atom. The number of benzene rings is 1. The summed E-state index contributed by atoms with van der Waals surface area (Å²) in [6, 6.07) is 6.96. The van der Waals surface area contributed by atoms with Gasteiger partial charge in [-0.25, -0.2) is 19.7 Å². The molecular formula is C15H14N4O2. The zero-order valence-electron chi connectivity index (χ0n) is 11.5. The van der Waals surface area contributed by atoms with Crippen molar-refractivity contribution in [2.24, 2.45) is 0 Å². The normalized spacial score (nSPS) is 10.9. The van der Waals surface area contributed by atoms with Crippen molar-refractivity contribution in [3.63, 3.8) is 0 Å². The Kier molecular flexibility index (Phi) is 3.35. The van der Waals surface area contributed by atoms with Crippen molar-refractivity contribution in [2.45, 2.75) is 19.9 Å². The van der Waals surface area contributed by atoms with Gasteiger partial charge in [0.2, 0.25) is 0 Å². The predicted octanol–water partition coefficient (Wildman–Crippen LogP) is 2.14. The lowest BCUT2D eigenvalue weighted by Crippen LogP contribution is -2.08. The van der Waals surface area contributed by atoms with E-state index in [-0.39, 0.29) is 5.56 Å². The number of imidazole rings is 1. The average Bonchev–Trinajstić information content (AvgIpc) is 2.86. The Labute approximate surface area is 121 Å². The van der Waals surface area contributed by atoms with Crippen LogP contribution in [0.25, 0.3) is 11.0 Å². The van der Waals surface area contributed by atoms with Crippen molar-refractivity contribution in [3.8, 4) is 0 Å². The van der Waals surface area contributed by atoms with E-state index in [9.17, 15) is 9.90 Å². The molecule has 21 heavy (non-hydrogen) atoms. The predicted molar refractivity (Wildman–Crippen MR) is 77.2 cm³/mol. The van der Waals surface area contributed by atoms with Gasteiger partial charge in [-0.3, -0.25) is 0 Å².